The van der Waals surface area contributed by atoms with Gasteiger partial charge in [-0.2, -0.15) is 3.97 Å². The van der Waals surface area contributed by atoms with Gasteiger partial charge in [-0.1, -0.05) is 0 Å². The molecule has 0 radical (unpaired) electrons. The maximum absolute atomic E-state index is 12.3. The van der Waals surface area contributed by atoms with E-state index in [0.717, 1.165) is 6.26 Å². The number of pyridine rings is 2. The lowest BCUT2D eigenvalue weighted by Crippen LogP contribution is -2.28. The highest BCUT2D eigenvalue weighted by Crippen LogP contribution is 2.19. The normalized spacial score (nSPS) is 11.5. The lowest BCUT2D eigenvalue weighted by Gasteiger charge is -2.10. The number of anilines is 3. The van der Waals surface area contributed by atoms with Gasteiger partial charge < -0.3 is 11.1 Å². The fraction of sp³-hybridized carbons (Fsp3) is 0.0769. The van der Waals surface area contributed by atoms with Crippen LogP contribution in [0.3, 0.4) is 0 Å². The van der Waals surface area contributed by atoms with Crippen LogP contribution in [0.15, 0.2) is 41.7 Å². The molecule has 10 heteroatoms. The number of hydrogen-bond acceptors (Lipinski definition) is 8. The van der Waals surface area contributed by atoms with Gasteiger partial charge in [0, 0.05) is 18.6 Å². The Labute approximate surface area is 130 Å². The summed E-state index contributed by atoms with van der Waals surface area (Å²) < 4.78 is 23.9. The average Bonchev–Trinajstić information content (AvgIpc) is 2.46. The van der Waals surface area contributed by atoms with Gasteiger partial charge in [0.25, 0.3) is 5.56 Å². The zero-order valence-electron chi connectivity index (χ0n) is 12.0. The van der Waals surface area contributed by atoms with Crippen molar-refractivity contribution < 1.29 is 8.42 Å². The molecule has 3 N–H and O–H groups in total. The first-order valence-electron chi connectivity index (χ1n) is 6.41. The van der Waals surface area contributed by atoms with Crippen LogP contribution in [0, 0.1) is 0 Å². The molecule has 0 aliphatic rings. The molecule has 3 heterocycles. The molecule has 0 fully saturated rings. The summed E-state index contributed by atoms with van der Waals surface area (Å²) in [5, 5.41) is 3.54. The fourth-order valence-corrected chi connectivity index (χ4v) is 2.95. The molecule has 3 aromatic heterocycles. The van der Waals surface area contributed by atoms with Crippen LogP contribution in [0.1, 0.15) is 0 Å². The number of nitrogens with one attached hydrogen (secondary N) is 1. The van der Waals surface area contributed by atoms with Crippen molar-refractivity contribution in [2.75, 3.05) is 17.3 Å². The Balaban J connectivity index is 2.14. The zero-order valence-corrected chi connectivity index (χ0v) is 12.8. The number of nitrogen functional groups attached to an aromatic ring is 1. The smallest absolute Gasteiger partial charge is 0.275 e. The average molecular weight is 332 g/mol. The van der Waals surface area contributed by atoms with Gasteiger partial charge in [-0.05, 0) is 17.5 Å². The standard InChI is InChI=1S/C13H12N6O3S/c1-23(21,22)19-10(14)4-8-5-11(17-6-9(8)13(19)20)18-12-7-15-2-3-16-12/h2-7H,14H2,1H3,(H,16,17,18). The van der Waals surface area contributed by atoms with Crippen LogP contribution in [0.5, 0.6) is 0 Å². The van der Waals surface area contributed by atoms with Gasteiger partial charge in [-0.3, -0.25) is 9.78 Å². The van der Waals surface area contributed by atoms with E-state index in [2.05, 4.69) is 20.3 Å². The molecule has 9 nitrogen and oxygen atoms in total. The number of nitrogens with zero attached hydrogens (tertiary/aromatic N) is 4. The third-order valence-electron chi connectivity index (χ3n) is 3.04. The molecule has 0 amide bonds. The number of rotatable bonds is 3. The van der Waals surface area contributed by atoms with Crippen LogP contribution in [-0.2, 0) is 10.0 Å². The third-order valence-corrected chi connectivity index (χ3v) is 4.08. The van der Waals surface area contributed by atoms with E-state index < -0.39 is 15.6 Å². The third kappa shape index (κ3) is 2.83. The molecule has 3 aromatic rings. The Hall–Kier alpha value is -3.01. The molecule has 0 bridgehead atoms. The van der Waals surface area contributed by atoms with Crippen molar-refractivity contribution in [3.63, 3.8) is 0 Å². The summed E-state index contributed by atoms with van der Waals surface area (Å²) >= 11 is 0. The maximum Gasteiger partial charge on any atom is 0.275 e. The van der Waals surface area contributed by atoms with E-state index in [1.165, 1.54) is 30.9 Å². The van der Waals surface area contributed by atoms with Gasteiger partial charge in [0.05, 0.1) is 17.8 Å². The molecule has 0 aromatic carbocycles. The summed E-state index contributed by atoms with van der Waals surface area (Å²) in [6.07, 6.45) is 6.77. The number of fused-ring (bicyclic) bond motifs is 1. The monoisotopic (exact) mass is 332 g/mol. The van der Waals surface area contributed by atoms with Crippen LogP contribution in [0.2, 0.25) is 0 Å². The van der Waals surface area contributed by atoms with Gasteiger partial charge in [0.1, 0.15) is 17.5 Å². The van der Waals surface area contributed by atoms with E-state index in [0.29, 0.717) is 21.0 Å². The number of aromatic nitrogens is 4. The van der Waals surface area contributed by atoms with E-state index in [1.807, 2.05) is 0 Å². The van der Waals surface area contributed by atoms with E-state index in [9.17, 15) is 13.2 Å². The van der Waals surface area contributed by atoms with Gasteiger partial charge in [0.2, 0.25) is 10.0 Å². The molecule has 0 aliphatic carbocycles. The molecule has 0 saturated carbocycles. The highest BCUT2D eigenvalue weighted by molar-refractivity contribution is 7.89. The van der Waals surface area contributed by atoms with Crippen LogP contribution < -0.4 is 16.6 Å². The Morgan fingerprint density at radius 3 is 2.57 bits per heavy atom. The molecule has 0 saturated heterocycles. The molecule has 3 rings (SSSR count). The van der Waals surface area contributed by atoms with Crippen molar-refractivity contribution in [1.82, 2.24) is 18.9 Å². The van der Waals surface area contributed by atoms with Crippen LogP contribution in [0.25, 0.3) is 10.8 Å². The molecule has 0 spiro atoms. The molecule has 0 unspecified atom stereocenters. The summed E-state index contributed by atoms with van der Waals surface area (Å²) in [5.74, 6) is 0.743. The quantitative estimate of drug-likeness (QED) is 0.700. The minimum Gasteiger partial charge on any atom is -0.384 e. The second-order valence-corrected chi connectivity index (χ2v) is 6.61. The minimum absolute atomic E-state index is 0.148. The first kappa shape index (κ1) is 14.9. The Bertz CT molecular complexity index is 1050. The van der Waals surface area contributed by atoms with Crippen molar-refractivity contribution in [2.24, 2.45) is 0 Å². The van der Waals surface area contributed by atoms with Crippen molar-refractivity contribution in [2.45, 2.75) is 0 Å². The van der Waals surface area contributed by atoms with Gasteiger partial charge in [0.15, 0.2) is 0 Å². The van der Waals surface area contributed by atoms with E-state index in [4.69, 9.17) is 5.73 Å². The Morgan fingerprint density at radius 2 is 1.91 bits per heavy atom. The molecule has 23 heavy (non-hydrogen) atoms. The Kier molecular flexibility index (Phi) is 3.45. The van der Waals surface area contributed by atoms with Gasteiger partial charge in [-0.15, -0.1) is 0 Å². The van der Waals surface area contributed by atoms with Crippen molar-refractivity contribution in [3.05, 3.63) is 47.3 Å². The molecule has 0 aliphatic heterocycles. The molecular formula is C13H12N6O3S. The highest BCUT2D eigenvalue weighted by Gasteiger charge is 2.15. The molecule has 0 atom stereocenters. The van der Waals surface area contributed by atoms with Crippen molar-refractivity contribution >= 4 is 38.2 Å². The zero-order chi connectivity index (χ0) is 16.6. The topological polar surface area (TPSA) is 133 Å². The summed E-state index contributed by atoms with van der Waals surface area (Å²) in [4.78, 5) is 24.3. The predicted octanol–water partition coefficient (Wildman–Crippen LogP) is 0.320. The molecular weight excluding hydrogens is 320 g/mol. The first-order valence-corrected chi connectivity index (χ1v) is 8.26. The van der Waals surface area contributed by atoms with E-state index in [1.54, 1.807) is 6.07 Å². The second-order valence-electron chi connectivity index (χ2n) is 4.77. The number of nitrogens with two attached hydrogens (primary N) is 1. The summed E-state index contributed by atoms with van der Waals surface area (Å²) in [5.41, 5.74) is 4.96. The maximum atomic E-state index is 12.3. The summed E-state index contributed by atoms with van der Waals surface area (Å²) in [6.45, 7) is 0. The first-order chi connectivity index (χ1) is 10.9. The van der Waals surface area contributed by atoms with Gasteiger partial charge in [-0.25, -0.2) is 18.4 Å². The van der Waals surface area contributed by atoms with Crippen LogP contribution in [-0.4, -0.2) is 33.6 Å². The lowest BCUT2D eigenvalue weighted by molar-refractivity contribution is 0.593. The molecule has 118 valence electrons. The predicted molar refractivity (Wildman–Crippen MR) is 86.0 cm³/mol. The second kappa shape index (κ2) is 5.32. The Morgan fingerprint density at radius 1 is 1.13 bits per heavy atom. The largest absolute Gasteiger partial charge is 0.384 e. The van der Waals surface area contributed by atoms with Crippen molar-refractivity contribution in [1.29, 1.82) is 0 Å². The summed E-state index contributed by atoms with van der Waals surface area (Å²) in [7, 11) is -3.80. The fourth-order valence-electron chi connectivity index (χ4n) is 2.12. The van der Waals surface area contributed by atoms with Crippen LogP contribution in [0.4, 0.5) is 17.5 Å². The minimum atomic E-state index is -3.80. The summed E-state index contributed by atoms with van der Waals surface area (Å²) in [6, 6.07) is 2.98. The SMILES string of the molecule is CS(=O)(=O)n1c(N)cc2cc(Nc3cnccn3)ncc2c1=O. The van der Waals surface area contributed by atoms with E-state index >= 15 is 0 Å². The lowest BCUT2D eigenvalue weighted by atomic mass is 10.2. The van der Waals surface area contributed by atoms with Crippen molar-refractivity contribution in [3.8, 4) is 0 Å². The van der Waals surface area contributed by atoms with E-state index in [-0.39, 0.29) is 11.2 Å². The van der Waals surface area contributed by atoms with Gasteiger partial charge >= 0.3 is 0 Å². The number of hydrogen-bond donors (Lipinski definition) is 2. The highest BCUT2D eigenvalue weighted by atomic mass is 32.2. The van der Waals surface area contributed by atoms with Crippen LogP contribution >= 0.6 is 0 Å².